The van der Waals surface area contributed by atoms with Crippen molar-refractivity contribution in [1.29, 1.82) is 0 Å². The summed E-state index contributed by atoms with van der Waals surface area (Å²) in [6.07, 6.45) is 3.17. The van der Waals surface area contributed by atoms with Crippen molar-refractivity contribution in [3.8, 4) is 11.8 Å². The van der Waals surface area contributed by atoms with Crippen molar-refractivity contribution in [3.63, 3.8) is 0 Å². The van der Waals surface area contributed by atoms with Crippen LogP contribution in [0.2, 0.25) is 0 Å². The number of rotatable bonds is 6. The van der Waals surface area contributed by atoms with Gasteiger partial charge in [0.25, 0.3) is 0 Å². The van der Waals surface area contributed by atoms with Gasteiger partial charge < -0.3 is 5.11 Å². The Bertz CT molecular complexity index is 622. The quantitative estimate of drug-likeness (QED) is 0.818. The Morgan fingerprint density at radius 2 is 1.95 bits per heavy atom. The molecule has 0 amide bonds. The van der Waals surface area contributed by atoms with Gasteiger partial charge in [-0.1, -0.05) is 18.8 Å². The van der Waals surface area contributed by atoms with Crippen LogP contribution in [0.3, 0.4) is 0 Å². The van der Waals surface area contributed by atoms with Gasteiger partial charge in [-0.15, -0.1) is 0 Å². The maximum atomic E-state index is 12.6. The van der Waals surface area contributed by atoms with E-state index in [1.165, 1.54) is 0 Å². The molecule has 1 aliphatic rings. The number of benzene rings is 1. The van der Waals surface area contributed by atoms with Crippen LogP contribution in [0.4, 0.5) is 0 Å². The molecule has 0 spiro atoms. The molecule has 1 fully saturated rings. The molecule has 1 aromatic carbocycles. The van der Waals surface area contributed by atoms with Crippen LogP contribution in [0.15, 0.2) is 29.2 Å². The number of nitrogens with zero attached hydrogens (tertiary/aromatic N) is 1. The molecule has 0 bridgehead atoms. The Morgan fingerprint density at radius 3 is 2.48 bits per heavy atom. The first kappa shape index (κ1) is 16.0. The van der Waals surface area contributed by atoms with Gasteiger partial charge in [-0.2, -0.15) is 4.31 Å². The van der Waals surface area contributed by atoms with E-state index in [0.717, 1.165) is 24.8 Å². The molecule has 21 heavy (non-hydrogen) atoms. The van der Waals surface area contributed by atoms with E-state index in [-0.39, 0.29) is 12.6 Å². The summed E-state index contributed by atoms with van der Waals surface area (Å²) in [4.78, 5) is 0.329. The number of aliphatic hydroxyl groups is 1. The van der Waals surface area contributed by atoms with Gasteiger partial charge in [0.2, 0.25) is 10.0 Å². The van der Waals surface area contributed by atoms with E-state index in [2.05, 4.69) is 11.8 Å². The second-order valence-electron chi connectivity index (χ2n) is 5.15. The molecule has 0 heterocycles. The van der Waals surface area contributed by atoms with Crippen molar-refractivity contribution in [2.24, 2.45) is 0 Å². The number of sulfonamides is 1. The smallest absolute Gasteiger partial charge is 0.243 e. The van der Waals surface area contributed by atoms with Crippen LogP contribution in [0.25, 0.3) is 0 Å². The monoisotopic (exact) mass is 307 g/mol. The van der Waals surface area contributed by atoms with Crippen LogP contribution in [0.1, 0.15) is 38.2 Å². The zero-order valence-electron chi connectivity index (χ0n) is 12.2. The standard InChI is InChI=1S/C16H21NO3S/c1-2-12-17(15-8-9-15)21(19,20)16-10-6-14(7-11-16)5-3-4-13-18/h6-7,10-11,15,18H,2,4,8-9,12-13H2,1H3. The van der Waals surface area contributed by atoms with Crippen molar-refractivity contribution in [2.75, 3.05) is 13.2 Å². The Balaban J connectivity index is 2.18. The van der Waals surface area contributed by atoms with Crippen LogP contribution < -0.4 is 0 Å². The fraction of sp³-hybridized carbons (Fsp3) is 0.500. The average Bonchev–Trinajstić information content (AvgIpc) is 3.30. The number of hydrogen-bond acceptors (Lipinski definition) is 3. The molecule has 4 nitrogen and oxygen atoms in total. The summed E-state index contributed by atoms with van der Waals surface area (Å²) in [6.45, 7) is 2.60. The molecule has 0 radical (unpaired) electrons. The van der Waals surface area contributed by atoms with Gasteiger partial charge >= 0.3 is 0 Å². The Hall–Kier alpha value is -1.35. The van der Waals surface area contributed by atoms with Crippen LogP contribution in [0.5, 0.6) is 0 Å². The first-order chi connectivity index (χ1) is 10.1. The summed E-state index contributed by atoms with van der Waals surface area (Å²) in [5.74, 6) is 5.72. The van der Waals surface area contributed by atoms with Crippen molar-refractivity contribution >= 4 is 10.0 Å². The van der Waals surface area contributed by atoms with Gasteiger partial charge in [0, 0.05) is 24.6 Å². The Labute approximate surface area is 126 Å². The van der Waals surface area contributed by atoms with Crippen molar-refractivity contribution in [3.05, 3.63) is 29.8 Å². The second kappa shape index (κ2) is 7.08. The van der Waals surface area contributed by atoms with E-state index < -0.39 is 10.0 Å². The summed E-state index contributed by atoms with van der Waals surface area (Å²) < 4.78 is 26.9. The summed E-state index contributed by atoms with van der Waals surface area (Å²) in [7, 11) is -3.40. The maximum absolute atomic E-state index is 12.6. The molecule has 0 aliphatic heterocycles. The van der Waals surface area contributed by atoms with Gasteiger partial charge in [0.15, 0.2) is 0 Å². The Kier molecular flexibility index (Phi) is 5.40. The lowest BCUT2D eigenvalue weighted by Gasteiger charge is -2.21. The highest BCUT2D eigenvalue weighted by atomic mass is 32.2. The number of hydrogen-bond donors (Lipinski definition) is 1. The molecule has 1 aliphatic carbocycles. The van der Waals surface area contributed by atoms with E-state index in [9.17, 15) is 8.42 Å². The molecule has 0 atom stereocenters. The topological polar surface area (TPSA) is 57.6 Å². The van der Waals surface area contributed by atoms with Crippen molar-refractivity contribution in [1.82, 2.24) is 4.31 Å². The lowest BCUT2D eigenvalue weighted by molar-refractivity contribution is 0.305. The van der Waals surface area contributed by atoms with Crippen LogP contribution >= 0.6 is 0 Å². The molecule has 1 saturated carbocycles. The highest BCUT2D eigenvalue weighted by molar-refractivity contribution is 7.89. The summed E-state index contributed by atoms with van der Waals surface area (Å²) in [5, 5.41) is 8.68. The molecule has 0 unspecified atom stereocenters. The second-order valence-corrected chi connectivity index (χ2v) is 7.04. The largest absolute Gasteiger partial charge is 0.395 e. The van der Waals surface area contributed by atoms with E-state index >= 15 is 0 Å². The van der Waals surface area contributed by atoms with Crippen LogP contribution in [-0.2, 0) is 10.0 Å². The maximum Gasteiger partial charge on any atom is 0.243 e. The third-order valence-electron chi connectivity index (χ3n) is 3.33. The molecule has 114 valence electrons. The van der Waals surface area contributed by atoms with E-state index in [1.807, 2.05) is 6.92 Å². The molecule has 5 heteroatoms. The average molecular weight is 307 g/mol. The molecule has 0 saturated heterocycles. The minimum Gasteiger partial charge on any atom is -0.395 e. The molecule has 1 N–H and O–H groups in total. The van der Waals surface area contributed by atoms with Gasteiger partial charge in [-0.05, 0) is 43.5 Å². The number of aliphatic hydroxyl groups excluding tert-OH is 1. The van der Waals surface area contributed by atoms with E-state index in [1.54, 1.807) is 28.6 Å². The van der Waals surface area contributed by atoms with E-state index in [4.69, 9.17) is 5.11 Å². The molecular weight excluding hydrogens is 286 g/mol. The van der Waals surface area contributed by atoms with Crippen molar-refractivity contribution in [2.45, 2.75) is 43.5 Å². The fourth-order valence-electron chi connectivity index (χ4n) is 2.15. The lowest BCUT2D eigenvalue weighted by Crippen LogP contribution is -2.33. The summed E-state index contributed by atoms with van der Waals surface area (Å²) in [6, 6.07) is 6.84. The highest BCUT2D eigenvalue weighted by Gasteiger charge is 2.37. The third-order valence-corrected chi connectivity index (χ3v) is 5.29. The van der Waals surface area contributed by atoms with Crippen LogP contribution in [-0.4, -0.2) is 37.0 Å². The zero-order valence-corrected chi connectivity index (χ0v) is 13.1. The molecular formula is C16H21NO3S. The van der Waals surface area contributed by atoms with Gasteiger partial charge in [0.05, 0.1) is 11.5 Å². The van der Waals surface area contributed by atoms with Crippen LogP contribution in [0, 0.1) is 11.8 Å². The lowest BCUT2D eigenvalue weighted by atomic mass is 10.2. The van der Waals surface area contributed by atoms with Gasteiger partial charge in [-0.3, -0.25) is 0 Å². The predicted molar refractivity (Wildman–Crippen MR) is 82.2 cm³/mol. The molecule has 0 aromatic heterocycles. The van der Waals surface area contributed by atoms with E-state index in [0.29, 0.717) is 17.9 Å². The van der Waals surface area contributed by atoms with Gasteiger partial charge in [0.1, 0.15) is 0 Å². The fourth-order valence-corrected chi connectivity index (χ4v) is 3.93. The first-order valence-electron chi connectivity index (χ1n) is 7.31. The SMILES string of the molecule is CCCN(C1CC1)S(=O)(=O)c1ccc(C#CCCO)cc1. The van der Waals surface area contributed by atoms with Crippen molar-refractivity contribution < 1.29 is 13.5 Å². The molecule has 2 rings (SSSR count). The Morgan fingerprint density at radius 1 is 1.29 bits per heavy atom. The minimum atomic E-state index is -3.40. The highest BCUT2D eigenvalue weighted by Crippen LogP contribution is 2.32. The third kappa shape index (κ3) is 4.07. The zero-order chi connectivity index (χ0) is 15.3. The predicted octanol–water partition coefficient (Wildman–Crippen LogP) is 1.98. The summed E-state index contributed by atoms with van der Waals surface area (Å²) >= 11 is 0. The molecule has 1 aromatic rings. The summed E-state index contributed by atoms with van der Waals surface area (Å²) in [5.41, 5.74) is 0.760. The van der Waals surface area contributed by atoms with Gasteiger partial charge in [-0.25, -0.2) is 8.42 Å². The normalized spacial score (nSPS) is 14.8. The minimum absolute atomic E-state index is 0.0346. The first-order valence-corrected chi connectivity index (χ1v) is 8.75.